The number of nitrogens with one attached hydrogen (secondary N) is 3. The maximum Gasteiger partial charge on any atom is 0.408 e. The van der Waals surface area contributed by atoms with Gasteiger partial charge < -0.3 is 25.8 Å². The van der Waals surface area contributed by atoms with E-state index >= 15 is 0 Å². The largest absolute Gasteiger partial charge is 0.481 e. The average molecular weight is 552 g/mol. The number of carbonyl (C=O) groups excluding carboxylic acids is 3. The van der Waals surface area contributed by atoms with E-state index in [1.165, 1.54) is 0 Å². The second-order valence-corrected chi connectivity index (χ2v) is 11.4. The summed E-state index contributed by atoms with van der Waals surface area (Å²) < 4.78 is 5.28. The van der Waals surface area contributed by atoms with Crippen LogP contribution in [0.2, 0.25) is 0 Å². The summed E-state index contributed by atoms with van der Waals surface area (Å²) in [6, 6.07) is 16.4. The lowest BCUT2D eigenvalue weighted by molar-refractivity contribution is -0.146. The minimum atomic E-state index is -1.46. The first-order valence-corrected chi connectivity index (χ1v) is 13.8. The molecule has 2 unspecified atom stereocenters. The molecule has 0 aromatic heterocycles. The second-order valence-electron chi connectivity index (χ2n) is 11.4. The van der Waals surface area contributed by atoms with Gasteiger partial charge >= 0.3 is 12.1 Å². The van der Waals surface area contributed by atoms with E-state index < -0.39 is 41.5 Å². The number of carboxylic acids is 1. The van der Waals surface area contributed by atoms with Crippen LogP contribution in [0.5, 0.6) is 0 Å². The number of aliphatic carboxylic acids is 1. The molecule has 0 bridgehead atoms. The van der Waals surface area contributed by atoms with Crippen molar-refractivity contribution in [1.29, 1.82) is 0 Å². The Balaban J connectivity index is 1.74. The van der Waals surface area contributed by atoms with Crippen LogP contribution in [-0.4, -0.2) is 41.2 Å². The molecule has 216 valence electrons. The summed E-state index contributed by atoms with van der Waals surface area (Å²) in [6.45, 7) is 7.68. The van der Waals surface area contributed by atoms with Crippen LogP contribution in [0.4, 0.5) is 4.79 Å². The highest BCUT2D eigenvalue weighted by molar-refractivity contribution is 5.91. The van der Waals surface area contributed by atoms with Gasteiger partial charge in [-0.1, -0.05) is 94.3 Å². The van der Waals surface area contributed by atoms with Crippen molar-refractivity contribution in [3.8, 4) is 0 Å². The molecule has 1 aliphatic carbocycles. The van der Waals surface area contributed by atoms with E-state index in [1.54, 1.807) is 61.5 Å². The minimum Gasteiger partial charge on any atom is -0.481 e. The first-order chi connectivity index (χ1) is 18.9. The molecule has 3 amide bonds. The molecule has 2 aromatic carbocycles. The molecular weight excluding hydrogens is 510 g/mol. The van der Waals surface area contributed by atoms with E-state index in [-0.39, 0.29) is 24.3 Å². The number of alkyl carbamates (subject to hydrolysis) is 1. The van der Waals surface area contributed by atoms with Crippen LogP contribution in [0.25, 0.3) is 0 Å². The Labute approximate surface area is 236 Å². The number of hydrogen-bond donors (Lipinski definition) is 4. The van der Waals surface area contributed by atoms with Crippen LogP contribution >= 0.6 is 0 Å². The molecule has 1 fully saturated rings. The molecule has 1 aliphatic rings. The molecule has 1 saturated carbocycles. The quantitative estimate of drug-likeness (QED) is 0.306. The number of carboxylic acid groups (broad SMARTS) is 1. The summed E-state index contributed by atoms with van der Waals surface area (Å²) in [5.74, 6) is -3.44. The molecule has 3 rings (SSSR count). The van der Waals surface area contributed by atoms with Gasteiger partial charge in [0.2, 0.25) is 11.8 Å². The molecule has 9 heteroatoms. The Hall–Kier alpha value is -3.88. The first-order valence-electron chi connectivity index (χ1n) is 13.8. The summed E-state index contributed by atoms with van der Waals surface area (Å²) in [5.41, 5.74) is 0.615. The lowest BCUT2D eigenvalue weighted by Crippen LogP contribution is -2.59. The van der Waals surface area contributed by atoms with E-state index in [0.717, 1.165) is 31.2 Å². The molecule has 0 radical (unpaired) electrons. The fraction of sp³-hybridized carbons (Fsp3) is 0.484. The predicted molar refractivity (Wildman–Crippen MR) is 151 cm³/mol. The molecule has 2 aromatic rings. The number of rotatable bonds is 11. The number of carbonyl (C=O) groups is 4. The van der Waals surface area contributed by atoms with E-state index in [1.807, 2.05) is 13.0 Å². The second kappa shape index (κ2) is 13.5. The molecule has 0 heterocycles. The third-order valence-electron chi connectivity index (χ3n) is 8.22. The number of benzene rings is 2. The highest BCUT2D eigenvalue weighted by Crippen LogP contribution is 2.50. The lowest BCUT2D eigenvalue weighted by Gasteiger charge is -2.47. The molecule has 0 saturated heterocycles. The minimum absolute atomic E-state index is 0.000224. The van der Waals surface area contributed by atoms with Gasteiger partial charge in [-0.15, -0.1) is 0 Å². The SMILES string of the molecule is C[C@@H](NC(=O)[C@@H](NC(=O)OCc1ccccc1)C(Cc1ccccc1)C(=O)O)NC(=O)C1(C)CCCCC1(C)C. The number of amides is 3. The molecule has 40 heavy (non-hydrogen) atoms. The fourth-order valence-corrected chi connectivity index (χ4v) is 5.23. The molecular formula is C31H41N3O6. The Bertz CT molecular complexity index is 1170. The summed E-state index contributed by atoms with van der Waals surface area (Å²) in [5, 5.41) is 18.1. The van der Waals surface area contributed by atoms with E-state index in [2.05, 4.69) is 29.8 Å². The van der Waals surface area contributed by atoms with Gasteiger partial charge in [0.1, 0.15) is 12.6 Å². The summed E-state index contributed by atoms with van der Waals surface area (Å²) in [7, 11) is 0. The third kappa shape index (κ3) is 7.83. The van der Waals surface area contributed by atoms with Crippen LogP contribution in [0, 0.1) is 16.7 Å². The zero-order valence-corrected chi connectivity index (χ0v) is 23.7. The van der Waals surface area contributed by atoms with Crippen LogP contribution in [0.3, 0.4) is 0 Å². The monoisotopic (exact) mass is 551 g/mol. The van der Waals surface area contributed by atoms with Crippen LogP contribution in [-0.2, 0) is 32.1 Å². The smallest absolute Gasteiger partial charge is 0.408 e. The summed E-state index contributed by atoms with van der Waals surface area (Å²) >= 11 is 0. The summed E-state index contributed by atoms with van der Waals surface area (Å²) in [4.78, 5) is 51.9. The number of ether oxygens (including phenoxy) is 1. The van der Waals surface area contributed by atoms with Gasteiger partial charge in [-0.2, -0.15) is 0 Å². The maximum atomic E-state index is 13.5. The Morgan fingerprint density at radius 2 is 1.43 bits per heavy atom. The molecule has 4 N–H and O–H groups in total. The Kier molecular flexibility index (Phi) is 10.3. The van der Waals surface area contributed by atoms with Gasteiger partial charge in [0.25, 0.3) is 0 Å². The van der Waals surface area contributed by atoms with Crippen molar-refractivity contribution in [3.63, 3.8) is 0 Å². The molecule has 0 aliphatic heterocycles. The Morgan fingerprint density at radius 3 is 2.00 bits per heavy atom. The van der Waals surface area contributed by atoms with E-state index in [9.17, 15) is 24.3 Å². The van der Waals surface area contributed by atoms with Crippen molar-refractivity contribution >= 4 is 23.9 Å². The lowest BCUT2D eigenvalue weighted by atomic mass is 9.58. The summed E-state index contributed by atoms with van der Waals surface area (Å²) in [6.07, 6.45) is 1.96. The van der Waals surface area contributed by atoms with Crippen molar-refractivity contribution in [2.24, 2.45) is 16.7 Å². The van der Waals surface area contributed by atoms with Crippen LogP contribution < -0.4 is 16.0 Å². The van der Waals surface area contributed by atoms with Crippen molar-refractivity contribution in [3.05, 3.63) is 71.8 Å². The van der Waals surface area contributed by atoms with Gasteiger partial charge in [0.15, 0.2) is 0 Å². The number of hydrogen-bond acceptors (Lipinski definition) is 5. The van der Waals surface area contributed by atoms with Crippen molar-refractivity contribution in [1.82, 2.24) is 16.0 Å². The first kappa shape index (κ1) is 30.7. The zero-order chi connectivity index (χ0) is 29.3. The van der Waals surface area contributed by atoms with Gasteiger partial charge in [-0.3, -0.25) is 14.4 Å². The van der Waals surface area contributed by atoms with Gasteiger partial charge in [-0.05, 0) is 42.7 Å². The van der Waals surface area contributed by atoms with Crippen molar-refractivity contribution < 1.29 is 29.0 Å². The highest BCUT2D eigenvalue weighted by atomic mass is 16.5. The maximum absolute atomic E-state index is 13.5. The standard InChI is InChI=1S/C31H41N3O6/c1-21(33-28(38)31(4)18-12-11-17-30(31,2)3)32-26(35)25(24(27(36)37)19-22-13-7-5-8-14-22)34-29(39)40-20-23-15-9-6-10-16-23/h5-10,13-16,21,24-25H,11-12,17-20H2,1-4H3,(H,32,35)(H,33,38)(H,34,39)(H,36,37)/t21-,24?,25-,31?/m0/s1. The average Bonchev–Trinajstić information content (AvgIpc) is 2.92. The predicted octanol–water partition coefficient (Wildman–Crippen LogP) is 4.41. The molecule has 9 nitrogen and oxygen atoms in total. The van der Waals surface area contributed by atoms with E-state index in [4.69, 9.17) is 4.74 Å². The topological polar surface area (TPSA) is 134 Å². The molecule has 0 spiro atoms. The van der Waals surface area contributed by atoms with Gasteiger partial charge in [0, 0.05) is 0 Å². The van der Waals surface area contributed by atoms with Crippen LogP contribution in [0.1, 0.15) is 64.5 Å². The third-order valence-corrected chi connectivity index (χ3v) is 8.22. The molecule has 4 atom stereocenters. The normalized spacial score (nSPS) is 20.3. The van der Waals surface area contributed by atoms with E-state index in [0.29, 0.717) is 5.56 Å². The van der Waals surface area contributed by atoms with Crippen molar-refractivity contribution in [2.45, 2.75) is 78.6 Å². The van der Waals surface area contributed by atoms with Gasteiger partial charge in [-0.25, -0.2) is 4.79 Å². The fourth-order valence-electron chi connectivity index (χ4n) is 5.23. The van der Waals surface area contributed by atoms with Crippen molar-refractivity contribution in [2.75, 3.05) is 0 Å². The van der Waals surface area contributed by atoms with Gasteiger partial charge in [0.05, 0.1) is 17.5 Å². The Morgan fingerprint density at radius 1 is 0.850 bits per heavy atom. The highest BCUT2D eigenvalue weighted by Gasteiger charge is 2.48. The zero-order valence-electron chi connectivity index (χ0n) is 23.7. The van der Waals surface area contributed by atoms with Crippen LogP contribution in [0.15, 0.2) is 60.7 Å².